The predicted molar refractivity (Wildman–Crippen MR) is 129 cm³/mol. The lowest BCUT2D eigenvalue weighted by atomic mass is 9.99. The number of hydrogen-bond donors (Lipinski definition) is 2. The van der Waals surface area contributed by atoms with Crippen LogP contribution in [0.5, 0.6) is 5.75 Å². The van der Waals surface area contributed by atoms with Gasteiger partial charge in [0, 0.05) is 6.42 Å². The number of fused-ring (bicyclic) bond motifs is 3. The van der Waals surface area contributed by atoms with Crippen LogP contribution in [0.4, 0.5) is 11.4 Å². The van der Waals surface area contributed by atoms with Gasteiger partial charge in [0.25, 0.3) is 0 Å². The van der Waals surface area contributed by atoms with Gasteiger partial charge in [-0.05, 0) is 46.7 Å². The summed E-state index contributed by atoms with van der Waals surface area (Å²) >= 11 is 0. The zero-order chi connectivity index (χ0) is 21.7. The molecule has 1 aliphatic heterocycles. The molecule has 0 spiro atoms. The van der Waals surface area contributed by atoms with E-state index in [2.05, 4.69) is 18.2 Å². The smallest absolute Gasteiger partial charge is 0.174 e. The highest BCUT2D eigenvalue weighted by atomic mass is 16.3. The molecule has 0 radical (unpaired) electrons. The number of furan rings is 1. The van der Waals surface area contributed by atoms with Crippen molar-refractivity contribution < 1.29 is 9.52 Å². The van der Waals surface area contributed by atoms with E-state index in [9.17, 15) is 5.11 Å². The van der Waals surface area contributed by atoms with Crippen LogP contribution in [-0.2, 0) is 0 Å². The Balaban J connectivity index is 1.49. The van der Waals surface area contributed by atoms with Gasteiger partial charge in [0.1, 0.15) is 17.0 Å². The summed E-state index contributed by atoms with van der Waals surface area (Å²) in [5.74, 6) is 0.867. The SMILES string of the molecule is Nc1c(C2=NN(c3ccccc3)C(c3ccc(O)cc3)C2)oc2ccc3ccccc3c12. The molecule has 4 aromatic carbocycles. The van der Waals surface area contributed by atoms with E-state index in [-0.39, 0.29) is 11.8 Å². The Bertz CT molecular complexity index is 1470. The number of hydrazone groups is 1. The second kappa shape index (κ2) is 7.17. The first kappa shape index (κ1) is 18.5. The van der Waals surface area contributed by atoms with Crippen LogP contribution >= 0.6 is 0 Å². The number of nitrogen functional groups attached to an aromatic ring is 1. The van der Waals surface area contributed by atoms with Crippen molar-refractivity contribution >= 4 is 38.8 Å². The molecule has 1 aromatic heterocycles. The van der Waals surface area contributed by atoms with Crippen molar-refractivity contribution in [2.45, 2.75) is 12.5 Å². The normalized spacial score (nSPS) is 16.1. The zero-order valence-electron chi connectivity index (χ0n) is 17.3. The van der Waals surface area contributed by atoms with E-state index in [1.165, 1.54) is 0 Å². The van der Waals surface area contributed by atoms with E-state index in [0.717, 1.165) is 38.7 Å². The number of phenols is 1. The molecule has 0 saturated carbocycles. The maximum atomic E-state index is 9.74. The Kier molecular flexibility index (Phi) is 4.15. The van der Waals surface area contributed by atoms with Crippen molar-refractivity contribution in [3.8, 4) is 5.75 Å². The summed E-state index contributed by atoms with van der Waals surface area (Å²) in [5.41, 5.74) is 10.9. The van der Waals surface area contributed by atoms with E-state index in [4.69, 9.17) is 15.3 Å². The van der Waals surface area contributed by atoms with E-state index < -0.39 is 0 Å². The van der Waals surface area contributed by atoms with E-state index in [1.54, 1.807) is 12.1 Å². The Morgan fingerprint density at radius 1 is 0.875 bits per heavy atom. The topological polar surface area (TPSA) is 75.0 Å². The zero-order valence-corrected chi connectivity index (χ0v) is 17.3. The fraction of sp³-hybridized carbons (Fsp3) is 0.0741. The van der Waals surface area contributed by atoms with Gasteiger partial charge in [-0.15, -0.1) is 0 Å². The van der Waals surface area contributed by atoms with Crippen LogP contribution in [0.1, 0.15) is 23.8 Å². The molecule has 3 N–H and O–H groups in total. The third-order valence-corrected chi connectivity index (χ3v) is 6.09. The number of phenolic OH excluding ortho intramolecular Hbond substituents is 1. The summed E-state index contributed by atoms with van der Waals surface area (Å²) < 4.78 is 6.26. The molecule has 0 aliphatic carbocycles. The number of aromatic hydroxyl groups is 1. The van der Waals surface area contributed by atoms with Crippen molar-refractivity contribution in [2.75, 3.05) is 10.7 Å². The average Bonchev–Trinajstić information content (AvgIpc) is 3.42. The van der Waals surface area contributed by atoms with Gasteiger partial charge in [-0.2, -0.15) is 5.10 Å². The minimum absolute atomic E-state index is 0.0302. The van der Waals surface area contributed by atoms with Crippen LogP contribution in [0.15, 0.2) is 101 Å². The molecule has 0 fully saturated rings. The standard InChI is InChI=1S/C27H21N3O2/c28-26-25-21-9-5-4-6-17(21)12-15-24(25)32-27(26)22-16-23(18-10-13-20(31)14-11-18)30(29-22)19-7-2-1-3-8-19/h1-15,23,31H,16,28H2. The van der Waals surface area contributed by atoms with Crippen LogP contribution in [0.2, 0.25) is 0 Å². The Morgan fingerprint density at radius 3 is 2.44 bits per heavy atom. The first-order chi connectivity index (χ1) is 15.7. The molecular formula is C27H21N3O2. The van der Waals surface area contributed by atoms with Gasteiger partial charge in [0.15, 0.2) is 5.76 Å². The molecule has 5 aromatic rings. The summed E-state index contributed by atoms with van der Waals surface area (Å²) in [6.45, 7) is 0. The lowest BCUT2D eigenvalue weighted by Gasteiger charge is -2.23. The molecule has 0 saturated heterocycles. The van der Waals surface area contributed by atoms with Crippen molar-refractivity contribution in [1.82, 2.24) is 0 Å². The highest BCUT2D eigenvalue weighted by molar-refractivity contribution is 6.18. The minimum Gasteiger partial charge on any atom is -0.508 e. The first-order valence-electron chi connectivity index (χ1n) is 10.6. The summed E-state index contributed by atoms with van der Waals surface area (Å²) in [6.07, 6.45) is 0.640. The lowest BCUT2D eigenvalue weighted by Crippen LogP contribution is -2.18. The van der Waals surface area contributed by atoms with Crippen LogP contribution in [0.25, 0.3) is 21.7 Å². The van der Waals surface area contributed by atoms with E-state index in [0.29, 0.717) is 17.9 Å². The van der Waals surface area contributed by atoms with Gasteiger partial charge in [-0.25, -0.2) is 0 Å². The van der Waals surface area contributed by atoms with Crippen LogP contribution in [0, 0.1) is 0 Å². The molecule has 2 heterocycles. The Morgan fingerprint density at radius 2 is 1.62 bits per heavy atom. The average molecular weight is 419 g/mol. The molecule has 1 unspecified atom stereocenters. The maximum Gasteiger partial charge on any atom is 0.174 e. The number of para-hydroxylation sites is 1. The number of rotatable bonds is 3. The molecule has 1 atom stereocenters. The van der Waals surface area contributed by atoms with Crippen LogP contribution in [-0.4, -0.2) is 10.8 Å². The fourth-order valence-corrected chi connectivity index (χ4v) is 4.53. The second-order valence-electron chi connectivity index (χ2n) is 8.04. The Hall–Kier alpha value is -4.25. The van der Waals surface area contributed by atoms with Crippen molar-refractivity contribution in [3.05, 3.63) is 102 Å². The van der Waals surface area contributed by atoms with Gasteiger partial charge >= 0.3 is 0 Å². The molecule has 32 heavy (non-hydrogen) atoms. The summed E-state index contributed by atoms with van der Waals surface area (Å²) in [7, 11) is 0. The predicted octanol–water partition coefficient (Wildman–Crippen LogP) is 6.23. The summed E-state index contributed by atoms with van der Waals surface area (Å²) in [5, 5.41) is 19.8. The van der Waals surface area contributed by atoms with E-state index >= 15 is 0 Å². The number of benzene rings is 4. The number of hydrogen-bond acceptors (Lipinski definition) is 5. The number of nitrogens with zero attached hydrogens (tertiary/aromatic N) is 2. The molecular weight excluding hydrogens is 398 g/mol. The molecule has 0 bridgehead atoms. The monoisotopic (exact) mass is 419 g/mol. The minimum atomic E-state index is -0.0302. The summed E-state index contributed by atoms with van der Waals surface area (Å²) in [4.78, 5) is 0. The Labute approximate surface area is 185 Å². The molecule has 1 aliphatic rings. The van der Waals surface area contributed by atoms with Gasteiger partial charge < -0.3 is 15.3 Å². The van der Waals surface area contributed by atoms with Crippen molar-refractivity contribution in [1.29, 1.82) is 0 Å². The third-order valence-electron chi connectivity index (χ3n) is 6.09. The highest BCUT2D eigenvalue weighted by Crippen LogP contribution is 2.41. The van der Waals surface area contributed by atoms with Gasteiger partial charge in [0.05, 0.1) is 22.8 Å². The molecule has 0 amide bonds. The van der Waals surface area contributed by atoms with Crippen molar-refractivity contribution in [3.63, 3.8) is 0 Å². The van der Waals surface area contributed by atoms with E-state index in [1.807, 2.05) is 65.7 Å². The van der Waals surface area contributed by atoms with Gasteiger partial charge in [0.2, 0.25) is 0 Å². The summed E-state index contributed by atoms with van der Waals surface area (Å²) in [6, 6.07) is 29.5. The van der Waals surface area contributed by atoms with Gasteiger partial charge in [-0.3, -0.25) is 5.01 Å². The first-order valence-corrected chi connectivity index (χ1v) is 10.6. The highest BCUT2D eigenvalue weighted by Gasteiger charge is 2.33. The molecule has 156 valence electrons. The maximum absolute atomic E-state index is 9.74. The largest absolute Gasteiger partial charge is 0.508 e. The second-order valence-corrected chi connectivity index (χ2v) is 8.04. The molecule has 6 rings (SSSR count). The lowest BCUT2D eigenvalue weighted by molar-refractivity contribution is 0.475. The van der Waals surface area contributed by atoms with Crippen LogP contribution in [0.3, 0.4) is 0 Å². The third kappa shape index (κ3) is 2.90. The quantitative estimate of drug-likeness (QED) is 0.363. The number of nitrogens with two attached hydrogens (primary N) is 1. The molecule has 5 nitrogen and oxygen atoms in total. The molecule has 5 heteroatoms. The van der Waals surface area contributed by atoms with Gasteiger partial charge in [-0.1, -0.05) is 60.7 Å². The van der Waals surface area contributed by atoms with Crippen LogP contribution < -0.4 is 10.7 Å². The fourth-order valence-electron chi connectivity index (χ4n) is 4.53. The van der Waals surface area contributed by atoms with Crippen molar-refractivity contribution in [2.24, 2.45) is 5.10 Å². The number of anilines is 2.